The van der Waals surface area contributed by atoms with E-state index in [1.807, 2.05) is 6.92 Å². The highest BCUT2D eigenvalue weighted by Crippen LogP contribution is 2.20. The van der Waals surface area contributed by atoms with Crippen LogP contribution in [-0.4, -0.2) is 18.5 Å². The Morgan fingerprint density at radius 3 is 2.58 bits per heavy atom. The second-order valence-corrected chi connectivity index (χ2v) is 7.47. The Labute approximate surface area is 191 Å². The number of benzene rings is 2. The molecule has 0 aliphatic heterocycles. The number of furan rings is 1. The molecule has 0 saturated carbocycles. The quantitative estimate of drug-likeness (QED) is 0.224. The molecule has 0 aliphatic carbocycles. The number of carbonyl (C=O) groups excluding carboxylic acids is 1. The van der Waals surface area contributed by atoms with Gasteiger partial charge in [-0.15, -0.1) is 0 Å². The minimum absolute atomic E-state index is 0.0382. The average Bonchev–Trinajstić information content (AvgIpc) is 3.36. The fourth-order valence-electron chi connectivity index (χ4n) is 3.34. The molecule has 168 valence electrons. The van der Waals surface area contributed by atoms with Crippen molar-refractivity contribution in [3.05, 3.63) is 101 Å². The summed E-state index contributed by atoms with van der Waals surface area (Å²) >= 11 is 0. The molecule has 1 atom stereocenters. The van der Waals surface area contributed by atoms with Crippen molar-refractivity contribution >= 4 is 22.8 Å². The second kappa shape index (κ2) is 10.5. The summed E-state index contributed by atoms with van der Waals surface area (Å²) in [6, 6.07) is 17.2. The molecule has 2 aromatic carbocycles. The largest absolute Gasteiger partial charge is 0.493 e. The van der Waals surface area contributed by atoms with E-state index in [1.54, 1.807) is 66.9 Å². The maximum Gasteiger partial charge on any atom is 0.192 e. The van der Waals surface area contributed by atoms with Crippen LogP contribution in [0.25, 0.3) is 17.0 Å². The topological polar surface area (TPSA) is 78.9 Å². The van der Waals surface area contributed by atoms with E-state index in [0.717, 1.165) is 6.42 Å². The highest BCUT2D eigenvalue weighted by atomic mass is 16.5. The number of allylic oxidation sites excluding steroid dienone is 1. The number of ketones is 1. The van der Waals surface area contributed by atoms with Crippen LogP contribution in [0.1, 0.15) is 35.9 Å². The maximum atomic E-state index is 12.3. The van der Waals surface area contributed by atoms with E-state index >= 15 is 0 Å². The van der Waals surface area contributed by atoms with E-state index in [2.05, 4.69) is 0 Å². The molecule has 2 heterocycles. The minimum Gasteiger partial charge on any atom is -0.493 e. The van der Waals surface area contributed by atoms with Crippen LogP contribution in [0.4, 0.5) is 0 Å². The molecule has 0 N–H and O–H groups in total. The zero-order chi connectivity index (χ0) is 23.0. The van der Waals surface area contributed by atoms with E-state index < -0.39 is 0 Å². The van der Waals surface area contributed by atoms with E-state index in [4.69, 9.17) is 18.3 Å². The van der Waals surface area contributed by atoms with Gasteiger partial charge in [0.25, 0.3) is 0 Å². The van der Waals surface area contributed by atoms with E-state index in [1.165, 1.54) is 18.4 Å². The van der Waals surface area contributed by atoms with Gasteiger partial charge in [0.15, 0.2) is 11.2 Å². The molecule has 0 amide bonds. The van der Waals surface area contributed by atoms with Crippen molar-refractivity contribution in [2.75, 3.05) is 6.61 Å². The number of hydrogen-bond donors (Lipinski definition) is 0. The number of fused-ring (bicyclic) bond motifs is 1. The van der Waals surface area contributed by atoms with Crippen LogP contribution in [0.2, 0.25) is 0 Å². The van der Waals surface area contributed by atoms with Crippen molar-refractivity contribution < 1.29 is 23.1 Å². The third kappa shape index (κ3) is 5.80. The van der Waals surface area contributed by atoms with Crippen LogP contribution in [0.5, 0.6) is 11.5 Å². The normalized spacial score (nSPS) is 12.2. The van der Waals surface area contributed by atoms with E-state index in [0.29, 0.717) is 46.8 Å². The van der Waals surface area contributed by atoms with Gasteiger partial charge in [-0.2, -0.15) is 0 Å². The van der Waals surface area contributed by atoms with Gasteiger partial charge in [0, 0.05) is 24.1 Å². The van der Waals surface area contributed by atoms with Gasteiger partial charge in [0.05, 0.1) is 24.5 Å². The Kier molecular flexibility index (Phi) is 7.05. The van der Waals surface area contributed by atoms with Crippen molar-refractivity contribution in [3.8, 4) is 11.5 Å². The average molecular weight is 444 g/mol. The predicted octanol–water partition coefficient (Wildman–Crippen LogP) is 5.91. The van der Waals surface area contributed by atoms with Gasteiger partial charge in [0.2, 0.25) is 0 Å². The molecule has 0 spiro atoms. The summed E-state index contributed by atoms with van der Waals surface area (Å²) in [5.41, 5.74) is 0.991. The number of hydrogen-bond acceptors (Lipinski definition) is 6. The standard InChI is InChI=1S/C27H24O6/c1-2-20(13-16-31-23-9-11-24-26(29)14-17-32-27(24)18-23)33-22-7-5-19(6-8-22)25(28)12-10-21-4-3-15-30-21/h3-12,14-15,17-18,20H,2,13,16H2,1H3/b12-10+. The highest BCUT2D eigenvalue weighted by molar-refractivity contribution is 6.06. The Balaban J connectivity index is 1.29. The molecule has 4 aromatic rings. The lowest BCUT2D eigenvalue weighted by molar-refractivity contribution is 0.104. The minimum atomic E-state index is -0.107. The van der Waals surface area contributed by atoms with Crippen LogP contribution in [0, 0.1) is 0 Å². The van der Waals surface area contributed by atoms with Crippen molar-refractivity contribution in [2.24, 2.45) is 0 Å². The number of ether oxygens (including phenoxy) is 2. The second-order valence-electron chi connectivity index (χ2n) is 7.47. The molecule has 0 fully saturated rings. The summed E-state index contributed by atoms with van der Waals surface area (Å²) in [7, 11) is 0. The fraction of sp³-hybridized carbons (Fsp3) is 0.185. The molecular formula is C27H24O6. The maximum absolute atomic E-state index is 12.3. The Morgan fingerprint density at radius 2 is 1.82 bits per heavy atom. The lowest BCUT2D eigenvalue weighted by Crippen LogP contribution is -2.19. The first-order valence-electron chi connectivity index (χ1n) is 10.8. The Bertz CT molecular complexity index is 1280. The molecule has 2 aromatic heterocycles. The zero-order valence-corrected chi connectivity index (χ0v) is 18.2. The molecule has 0 radical (unpaired) electrons. The molecule has 0 saturated heterocycles. The number of carbonyl (C=O) groups is 1. The third-order valence-corrected chi connectivity index (χ3v) is 5.18. The van der Waals surface area contributed by atoms with Gasteiger partial charge in [-0.1, -0.05) is 6.92 Å². The Morgan fingerprint density at radius 1 is 1.00 bits per heavy atom. The van der Waals surface area contributed by atoms with Gasteiger partial charge in [-0.3, -0.25) is 9.59 Å². The first-order chi connectivity index (χ1) is 16.1. The van der Waals surface area contributed by atoms with Crippen LogP contribution in [0.3, 0.4) is 0 Å². The molecule has 0 aliphatic rings. The Hall–Kier alpha value is -4.06. The van der Waals surface area contributed by atoms with Crippen LogP contribution < -0.4 is 14.9 Å². The molecule has 0 bridgehead atoms. The van der Waals surface area contributed by atoms with Gasteiger partial charge >= 0.3 is 0 Å². The molecule has 1 unspecified atom stereocenters. The number of rotatable bonds is 10. The van der Waals surface area contributed by atoms with Gasteiger partial charge in [-0.05, 0) is 67.1 Å². The van der Waals surface area contributed by atoms with E-state index in [9.17, 15) is 9.59 Å². The SMILES string of the molecule is CCC(CCOc1ccc2c(=O)ccoc2c1)Oc1ccc(C(=O)/C=C/c2ccco2)cc1. The lowest BCUT2D eigenvalue weighted by atomic mass is 10.1. The lowest BCUT2D eigenvalue weighted by Gasteiger charge is -2.18. The summed E-state index contributed by atoms with van der Waals surface area (Å²) in [6.45, 7) is 2.50. The van der Waals surface area contributed by atoms with Crippen molar-refractivity contribution in [2.45, 2.75) is 25.9 Å². The fourth-order valence-corrected chi connectivity index (χ4v) is 3.34. The molecule has 33 heavy (non-hydrogen) atoms. The van der Waals surface area contributed by atoms with Crippen LogP contribution in [-0.2, 0) is 0 Å². The monoisotopic (exact) mass is 444 g/mol. The van der Waals surface area contributed by atoms with Crippen molar-refractivity contribution in [1.82, 2.24) is 0 Å². The highest BCUT2D eigenvalue weighted by Gasteiger charge is 2.10. The zero-order valence-electron chi connectivity index (χ0n) is 18.2. The third-order valence-electron chi connectivity index (χ3n) is 5.18. The first-order valence-corrected chi connectivity index (χ1v) is 10.8. The summed E-state index contributed by atoms with van der Waals surface area (Å²) in [4.78, 5) is 24.1. The van der Waals surface area contributed by atoms with Crippen molar-refractivity contribution in [1.29, 1.82) is 0 Å². The van der Waals surface area contributed by atoms with Crippen molar-refractivity contribution in [3.63, 3.8) is 0 Å². The van der Waals surface area contributed by atoms with Gasteiger partial charge < -0.3 is 18.3 Å². The summed E-state index contributed by atoms with van der Waals surface area (Å²) < 4.78 is 22.5. The molecule has 4 rings (SSSR count). The van der Waals surface area contributed by atoms with Crippen LogP contribution >= 0.6 is 0 Å². The summed E-state index contributed by atoms with van der Waals surface area (Å²) in [6.07, 6.45) is 7.52. The molecule has 6 heteroatoms. The molecular weight excluding hydrogens is 420 g/mol. The first kappa shape index (κ1) is 22.1. The smallest absolute Gasteiger partial charge is 0.192 e. The predicted molar refractivity (Wildman–Crippen MR) is 126 cm³/mol. The molecule has 6 nitrogen and oxygen atoms in total. The van der Waals surface area contributed by atoms with Gasteiger partial charge in [-0.25, -0.2) is 0 Å². The summed E-state index contributed by atoms with van der Waals surface area (Å²) in [5.74, 6) is 1.85. The van der Waals surface area contributed by atoms with E-state index in [-0.39, 0.29) is 17.3 Å². The summed E-state index contributed by atoms with van der Waals surface area (Å²) in [5, 5.41) is 0.526. The van der Waals surface area contributed by atoms with Gasteiger partial charge in [0.1, 0.15) is 28.9 Å². The van der Waals surface area contributed by atoms with Crippen LogP contribution in [0.15, 0.2) is 92.9 Å².